The number of ketones is 1. The molecule has 4 heteroatoms. The van der Waals surface area contributed by atoms with E-state index in [9.17, 15) is 14.7 Å². The Morgan fingerprint density at radius 1 is 1.41 bits per heavy atom. The molecule has 1 aromatic rings. The smallest absolute Gasteiger partial charge is 0.338 e. The van der Waals surface area contributed by atoms with Crippen LogP contribution >= 0.6 is 0 Å². The third-order valence-electron chi connectivity index (χ3n) is 1.98. The molecule has 0 aliphatic carbocycles. The first-order valence-electron chi connectivity index (χ1n) is 4.83. The average molecular weight is 232 g/mol. The summed E-state index contributed by atoms with van der Waals surface area (Å²) in [5.41, 5.74) is 0.279. The number of phenols is 1. The van der Waals surface area contributed by atoms with Crippen molar-refractivity contribution in [2.45, 2.75) is 6.92 Å². The van der Waals surface area contributed by atoms with Crippen molar-refractivity contribution in [3.8, 4) is 11.5 Å². The van der Waals surface area contributed by atoms with Crippen LogP contribution in [0.4, 0.5) is 0 Å². The zero-order valence-electron chi connectivity index (χ0n) is 9.40. The van der Waals surface area contributed by atoms with Crippen LogP contribution in [-0.2, 0) is 4.79 Å². The highest BCUT2D eigenvalue weighted by atomic mass is 16.5. The monoisotopic (exact) mass is 232 g/mol. The molecule has 0 spiro atoms. The number of rotatable bonds is 4. The number of phenolic OH excluding ortho intramolecular Hbond substituents is 1. The van der Waals surface area contributed by atoms with Crippen LogP contribution < -0.4 is 4.74 Å². The summed E-state index contributed by atoms with van der Waals surface area (Å²) < 4.78 is 4.93. The van der Waals surface area contributed by atoms with Gasteiger partial charge in [0, 0.05) is 5.57 Å². The van der Waals surface area contributed by atoms with E-state index in [4.69, 9.17) is 4.74 Å². The van der Waals surface area contributed by atoms with E-state index in [1.165, 1.54) is 25.1 Å². The number of hydrogen-bond acceptors (Lipinski definition) is 4. The molecule has 1 aromatic carbocycles. The van der Waals surface area contributed by atoms with E-state index >= 15 is 0 Å². The summed E-state index contributed by atoms with van der Waals surface area (Å²) in [6, 6.07) is 3.94. The molecule has 0 bridgehead atoms. The summed E-state index contributed by atoms with van der Waals surface area (Å²) in [6.07, 6.45) is 1.07. The second-order valence-electron chi connectivity index (χ2n) is 3.42. The predicted octanol–water partition coefficient (Wildman–Crippen LogP) is 2.24. The minimum atomic E-state index is -0.590. The van der Waals surface area contributed by atoms with E-state index in [0.29, 0.717) is 0 Å². The number of esters is 1. The van der Waals surface area contributed by atoms with E-state index in [-0.39, 0.29) is 22.6 Å². The Bertz CT molecular complexity index is 500. The molecule has 17 heavy (non-hydrogen) atoms. The van der Waals surface area contributed by atoms with Crippen LogP contribution in [0.2, 0.25) is 0 Å². The van der Waals surface area contributed by atoms with Gasteiger partial charge in [-0.25, -0.2) is 4.79 Å². The van der Waals surface area contributed by atoms with Crippen LogP contribution in [0, 0.1) is 0 Å². The Hall–Kier alpha value is -2.36. The van der Waals surface area contributed by atoms with Crippen LogP contribution in [0.3, 0.4) is 0 Å². The summed E-state index contributed by atoms with van der Waals surface area (Å²) in [5.74, 6) is -1.06. The predicted molar refractivity (Wildman–Crippen MR) is 63.1 cm³/mol. The molecular weight excluding hydrogens is 220 g/mol. The van der Waals surface area contributed by atoms with Crippen molar-refractivity contribution in [1.82, 2.24) is 0 Å². The second-order valence-corrected chi connectivity index (χ2v) is 3.42. The van der Waals surface area contributed by atoms with Crippen molar-refractivity contribution in [3.63, 3.8) is 0 Å². The zero-order valence-corrected chi connectivity index (χ0v) is 9.40. The van der Waals surface area contributed by atoms with Gasteiger partial charge in [0.1, 0.15) is 11.5 Å². The summed E-state index contributed by atoms with van der Waals surface area (Å²) in [5, 5.41) is 9.45. The van der Waals surface area contributed by atoms with Crippen molar-refractivity contribution in [1.29, 1.82) is 0 Å². The maximum absolute atomic E-state index is 11.4. The van der Waals surface area contributed by atoms with Gasteiger partial charge in [0.05, 0.1) is 5.56 Å². The van der Waals surface area contributed by atoms with Crippen molar-refractivity contribution in [2.24, 2.45) is 0 Å². The molecule has 0 saturated heterocycles. The van der Waals surface area contributed by atoms with Gasteiger partial charge in [0.15, 0.2) is 5.78 Å². The number of carbonyl (C=O) groups excluding carboxylic acids is 2. The summed E-state index contributed by atoms with van der Waals surface area (Å²) in [6.45, 7) is 8.26. The van der Waals surface area contributed by atoms with E-state index in [1.54, 1.807) is 0 Å². The Kier molecular flexibility index (Phi) is 3.82. The molecule has 0 aliphatic rings. The highest BCUT2D eigenvalue weighted by molar-refractivity contribution is 6.06. The third-order valence-corrected chi connectivity index (χ3v) is 1.98. The molecule has 1 N–H and O–H groups in total. The topological polar surface area (TPSA) is 63.6 Å². The first-order valence-corrected chi connectivity index (χ1v) is 4.83. The van der Waals surface area contributed by atoms with Crippen molar-refractivity contribution in [2.75, 3.05) is 0 Å². The van der Waals surface area contributed by atoms with Gasteiger partial charge in [-0.1, -0.05) is 13.2 Å². The number of carbonyl (C=O) groups is 2. The first-order chi connectivity index (χ1) is 7.95. The van der Waals surface area contributed by atoms with Crippen LogP contribution in [-0.4, -0.2) is 16.9 Å². The highest BCUT2D eigenvalue weighted by Crippen LogP contribution is 2.24. The summed E-state index contributed by atoms with van der Waals surface area (Å²) >= 11 is 0. The van der Waals surface area contributed by atoms with Gasteiger partial charge in [-0.2, -0.15) is 0 Å². The second kappa shape index (κ2) is 5.12. The quantitative estimate of drug-likeness (QED) is 0.374. The normalized spacial score (nSPS) is 9.47. The number of hydrogen-bond donors (Lipinski definition) is 1. The van der Waals surface area contributed by atoms with Gasteiger partial charge in [-0.05, 0) is 31.2 Å². The standard InChI is InChI=1S/C13H12O4/c1-4-11(14)10-7-9(5-6-12(10)15)17-13(16)8(2)3/h4-7,15H,1-2H2,3H3. The lowest BCUT2D eigenvalue weighted by molar-refractivity contribution is -0.130. The summed E-state index contributed by atoms with van der Waals surface area (Å²) in [4.78, 5) is 22.6. The fourth-order valence-electron chi connectivity index (χ4n) is 1.08. The minimum Gasteiger partial charge on any atom is -0.507 e. The van der Waals surface area contributed by atoms with E-state index < -0.39 is 11.8 Å². The maximum Gasteiger partial charge on any atom is 0.338 e. The molecule has 1 rings (SSSR count). The number of allylic oxidation sites excluding steroid dienone is 1. The molecule has 0 radical (unpaired) electrons. The third kappa shape index (κ3) is 3.04. The fourth-order valence-corrected chi connectivity index (χ4v) is 1.08. The van der Waals surface area contributed by atoms with Crippen LogP contribution in [0.25, 0.3) is 0 Å². The average Bonchev–Trinajstić information content (AvgIpc) is 2.30. The minimum absolute atomic E-state index is 0.0343. The SMILES string of the molecule is C=CC(=O)c1cc(OC(=O)C(=C)C)ccc1O. The maximum atomic E-state index is 11.4. The summed E-state index contributed by atoms with van der Waals surface area (Å²) in [7, 11) is 0. The van der Waals surface area contributed by atoms with Crippen molar-refractivity contribution in [3.05, 3.63) is 48.6 Å². The Balaban J connectivity index is 3.04. The van der Waals surface area contributed by atoms with Gasteiger partial charge in [0.25, 0.3) is 0 Å². The largest absolute Gasteiger partial charge is 0.507 e. The Labute approximate surface area is 98.8 Å². The van der Waals surface area contributed by atoms with Crippen molar-refractivity contribution >= 4 is 11.8 Å². The van der Waals surface area contributed by atoms with Crippen molar-refractivity contribution < 1.29 is 19.4 Å². The Morgan fingerprint density at radius 2 is 2.06 bits per heavy atom. The highest BCUT2D eigenvalue weighted by Gasteiger charge is 2.11. The van der Waals surface area contributed by atoms with Gasteiger partial charge in [0.2, 0.25) is 0 Å². The molecule has 0 fully saturated rings. The number of aromatic hydroxyl groups is 1. The van der Waals surface area contributed by atoms with Gasteiger partial charge in [-0.15, -0.1) is 0 Å². The molecular formula is C13H12O4. The van der Waals surface area contributed by atoms with Gasteiger partial charge in [-0.3, -0.25) is 4.79 Å². The lowest BCUT2D eigenvalue weighted by Crippen LogP contribution is -2.08. The van der Waals surface area contributed by atoms with Crippen LogP contribution in [0.1, 0.15) is 17.3 Å². The lowest BCUT2D eigenvalue weighted by Gasteiger charge is -2.06. The van der Waals surface area contributed by atoms with Crippen LogP contribution in [0.15, 0.2) is 43.0 Å². The molecule has 0 heterocycles. The number of ether oxygens (including phenoxy) is 1. The molecule has 0 unspecified atom stereocenters. The van der Waals surface area contributed by atoms with E-state index in [2.05, 4.69) is 13.2 Å². The van der Waals surface area contributed by atoms with Crippen LogP contribution in [0.5, 0.6) is 11.5 Å². The molecule has 0 aromatic heterocycles. The molecule has 4 nitrogen and oxygen atoms in total. The molecule has 0 aliphatic heterocycles. The lowest BCUT2D eigenvalue weighted by atomic mass is 10.1. The van der Waals surface area contributed by atoms with Gasteiger partial charge < -0.3 is 9.84 Å². The Morgan fingerprint density at radius 3 is 2.59 bits per heavy atom. The number of benzene rings is 1. The fraction of sp³-hybridized carbons (Fsp3) is 0.0769. The van der Waals surface area contributed by atoms with E-state index in [0.717, 1.165) is 6.08 Å². The molecule has 88 valence electrons. The zero-order chi connectivity index (χ0) is 13.0. The molecule has 0 saturated carbocycles. The molecule has 0 atom stereocenters. The van der Waals surface area contributed by atoms with E-state index in [1.807, 2.05) is 0 Å². The molecule has 0 amide bonds. The first kappa shape index (κ1) is 12.7. The van der Waals surface area contributed by atoms with Gasteiger partial charge >= 0.3 is 5.97 Å².